The summed E-state index contributed by atoms with van der Waals surface area (Å²) in [5, 5.41) is 3.32. The average Bonchev–Trinajstić information content (AvgIpc) is 2.73. The molecule has 0 bridgehead atoms. The number of hydrogen-bond donors (Lipinski definition) is 1. The van der Waals surface area contributed by atoms with Crippen molar-refractivity contribution >= 4 is 22.2 Å². The monoisotopic (exact) mass is 304 g/mol. The summed E-state index contributed by atoms with van der Waals surface area (Å²) in [4.78, 5) is 15.7. The van der Waals surface area contributed by atoms with Crippen molar-refractivity contribution in [3.8, 4) is 0 Å². The Morgan fingerprint density at radius 2 is 2.05 bits per heavy atom. The Hall–Kier alpha value is -1.96. The molecule has 0 unspecified atom stereocenters. The molecule has 0 spiro atoms. The Bertz CT molecular complexity index is 651. The summed E-state index contributed by atoms with van der Waals surface area (Å²) in [5.41, 5.74) is -1.74. The molecule has 8 heteroatoms. The molecular weight excluding hydrogens is 296 g/mol. The van der Waals surface area contributed by atoms with Crippen molar-refractivity contribution in [2.45, 2.75) is 13.1 Å². The minimum absolute atomic E-state index is 0.337. The van der Waals surface area contributed by atoms with E-state index in [1.54, 1.807) is 6.92 Å². The highest BCUT2D eigenvalue weighted by Crippen LogP contribution is 2.30. The molecule has 0 aliphatic carbocycles. The highest BCUT2D eigenvalue weighted by atomic mass is 32.1. The third-order valence-electron chi connectivity index (χ3n) is 2.40. The van der Waals surface area contributed by atoms with Crippen LogP contribution >= 0.6 is 11.3 Å². The van der Waals surface area contributed by atoms with Crippen molar-refractivity contribution < 1.29 is 22.4 Å². The van der Waals surface area contributed by atoms with E-state index in [1.807, 2.05) is 0 Å². The summed E-state index contributed by atoms with van der Waals surface area (Å²) in [7, 11) is 0. The van der Waals surface area contributed by atoms with Gasteiger partial charge in [0.15, 0.2) is 0 Å². The van der Waals surface area contributed by atoms with E-state index in [2.05, 4.69) is 10.3 Å². The van der Waals surface area contributed by atoms with Crippen molar-refractivity contribution in [2.75, 3.05) is 5.32 Å². The molecule has 1 N–H and O–H groups in total. The summed E-state index contributed by atoms with van der Waals surface area (Å²) < 4.78 is 51.1. The van der Waals surface area contributed by atoms with Gasteiger partial charge in [-0.1, -0.05) is 0 Å². The van der Waals surface area contributed by atoms with Crippen LogP contribution in [-0.4, -0.2) is 10.9 Å². The van der Waals surface area contributed by atoms with Crippen LogP contribution in [0.5, 0.6) is 0 Å². The van der Waals surface area contributed by atoms with E-state index in [9.17, 15) is 22.4 Å². The summed E-state index contributed by atoms with van der Waals surface area (Å²) in [6.07, 6.45) is -3.28. The lowest BCUT2D eigenvalue weighted by molar-refractivity contribution is -0.137. The summed E-state index contributed by atoms with van der Waals surface area (Å²) in [5.74, 6) is -1.96. The second-order valence-corrected chi connectivity index (χ2v) is 5.12. The average molecular weight is 304 g/mol. The van der Waals surface area contributed by atoms with Crippen LogP contribution in [-0.2, 0) is 6.18 Å². The number of nitrogens with zero attached hydrogens (tertiary/aromatic N) is 1. The Morgan fingerprint density at radius 1 is 1.35 bits per heavy atom. The molecule has 20 heavy (non-hydrogen) atoms. The predicted molar refractivity (Wildman–Crippen MR) is 66.2 cm³/mol. The number of hydrogen-bond acceptors (Lipinski definition) is 3. The fourth-order valence-corrected chi connectivity index (χ4v) is 2.15. The molecule has 0 aliphatic heterocycles. The molecule has 1 amide bonds. The Kier molecular flexibility index (Phi) is 3.76. The van der Waals surface area contributed by atoms with Crippen molar-refractivity contribution in [1.82, 2.24) is 4.98 Å². The molecule has 0 saturated heterocycles. The summed E-state index contributed by atoms with van der Waals surface area (Å²) in [6.45, 7) is 1.70. The molecule has 0 fully saturated rings. The van der Waals surface area contributed by atoms with Crippen molar-refractivity contribution in [1.29, 1.82) is 0 Å². The highest BCUT2D eigenvalue weighted by Gasteiger charge is 2.32. The van der Waals surface area contributed by atoms with E-state index >= 15 is 0 Å². The molecule has 0 aliphatic rings. The first kappa shape index (κ1) is 14.4. The Labute approximate surface area is 115 Å². The predicted octanol–water partition coefficient (Wildman–Crippen LogP) is 3.86. The number of aryl methyl sites for hydroxylation is 1. The molecule has 2 aromatic rings. The number of amides is 1. The number of thiazole rings is 1. The number of carbonyl (C=O) groups excluding carboxylic acids is 1. The van der Waals surface area contributed by atoms with Crippen LogP contribution in [0, 0.1) is 12.7 Å². The van der Waals surface area contributed by atoms with Gasteiger partial charge in [-0.15, -0.1) is 11.3 Å². The standard InChI is InChI=1S/C12H8F4N2OS/c1-6-17-5-10(20-6)18-11(19)8-4-7(12(14,15)16)2-3-9(8)13/h2-5H,1H3,(H,18,19). The van der Waals surface area contributed by atoms with Crippen LogP contribution in [0.4, 0.5) is 22.6 Å². The number of alkyl halides is 3. The van der Waals surface area contributed by atoms with Gasteiger partial charge in [-0.25, -0.2) is 9.37 Å². The van der Waals surface area contributed by atoms with Gasteiger partial charge in [0.1, 0.15) is 10.8 Å². The van der Waals surface area contributed by atoms with E-state index in [-0.39, 0.29) is 0 Å². The van der Waals surface area contributed by atoms with E-state index in [1.165, 1.54) is 6.20 Å². The van der Waals surface area contributed by atoms with Gasteiger partial charge in [-0.05, 0) is 25.1 Å². The molecule has 1 heterocycles. The number of carbonyl (C=O) groups is 1. The van der Waals surface area contributed by atoms with Gasteiger partial charge in [-0.2, -0.15) is 13.2 Å². The van der Waals surface area contributed by atoms with Gasteiger partial charge in [0.25, 0.3) is 5.91 Å². The lowest BCUT2D eigenvalue weighted by Gasteiger charge is -2.09. The van der Waals surface area contributed by atoms with E-state index in [0.29, 0.717) is 28.2 Å². The molecule has 0 atom stereocenters. The normalized spacial score (nSPS) is 11.4. The van der Waals surface area contributed by atoms with Gasteiger partial charge in [-0.3, -0.25) is 4.79 Å². The zero-order chi connectivity index (χ0) is 14.9. The maximum atomic E-state index is 13.5. The van der Waals surface area contributed by atoms with Crippen molar-refractivity contribution in [2.24, 2.45) is 0 Å². The maximum absolute atomic E-state index is 13.5. The smallest absolute Gasteiger partial charge is 0.312 e. The molecule has 2 rings (SSSR count). The first-order valence-corrected chi connectivity index (χ1v) is 6.19. The largest absolute Gasteiger partial charge is 0.416 e. The first-order chi connectivity index (χ1) is 9.27. The van der Waals surface area contributed by atoms with Crippen molar-refractivity contribution in [3.63, 3.8) is 0 Å². The van der Waals surface area contributed by atoms with Gasteiger partial charge in [0.05, 0.1) is 22.3 Å². The molecule has 0 radical (unpaired) electrons. The lowest BCUT2D eigenvalue weighted by Crippen LogP contribution is -2.15. The zero-order valence-electron chi connectivity index (χ0n) is 10.1. The summed E-state index contributed by atoms with van der Waals surface area (Å²) >= 11 is 1.14. The second-order valence-electron chi connectivity index (χ2n) is 3.89. The van der Waals surface area contributed by atoms with E-state index in [4.69, 9.17) is 0 Å². The van der Waals surface area contributed by atoms with Crippen LogP contribution in [0.2, 0.25) is 0 Å². The van der Waals surface area contributed by atoms with Crippen LogP contribution in [0.15, 0.2) is 24.4 Å². The molecule has 1 aromatic carbocycles. The second kappa shape index (κ2) is 5.20. The molecule has 1 aromatic heterocycles. The van der Waals surface area contributed by atoms with Crippen LogP contribution < -0.4 is 5.32 Å². The van der Waals surface area contributed by atoms with E-state index in [0.717, 1.165) is 11.3 Å². The number of rotatable bonds is 2. The number of anilines is 1. The highest BCUT2D eigenvalue weighted by molar-refractivity contribution is 7.15. The fourth-order valence-electron chi connectivity index (χ4n) is 1.47. The third-order valence-corrected chi connectivity index (χ3v) is 3.22. The first-order valence-electron chi connectivity index (χ1n) is 5.38. The summed E-state index contributed by atoms with van der Waals surface area (Å²) in [6, 6.07) is 1.69. The van der Waals surface area contributed by atoms with Crippen molar-refractivity contribution in [3.05, 3.63) is 46.3 Å². The molecular formula is C12H8F4N2OS. The Balaban J connectivity index is 2.29. The fraction of sp³-hybridized carbons (Fsp3) is 0.167. The van der Waals surface area contributed by atoms with E-state index < -0.39 is 29.0 Å². The number of benzene rings is 1. The topological polar surface area (TPSA) is 42.0 Å². The van der Waals surface area contributed by atoms with Gasteiger partial charge >= 0.3 is 6.18 Å². The Morgan fingerprint density at radius 3 is 2.60 bits per heavy atom. The van der Waals surface area contributed by atoms with Gasteiger partial charge in [0.2, 0.25) is 0 Å². The van der Waals surface area contributed by atoms with Gasteiger partial charge < -0.3 is 5.32 Å². The molecule has 0 saturated carbocycles. The maximum Gasteiger partial charge on any atom is 0.416 e. The number of aromatic nitrogens is 1. The third kappa shape index (κ3) is 3.13. The van der Waals surface area contributed by atoms with Crippen LogP contribution in [0.25, 0.3) is 0 Å². The minimum Gasteiger partial charge on any atom is -0.312 e. The minimum atomic E-state index is -4.64. The quantitative estimate of drug-likeness (QED) is 0.856. The zero-order valence-corrected chi connectivity index (χ0v) is 10.9. The van der Waals surface area contributed by atoms with Crippen LogP contribution in [0.3, 0.4) is 0 Å². The molecule has 106 valence electrons. The van der Waals surface area contributed by atoms with Crippen LogP contribution in [0.1, 0.15) is 20.9 Å². The van der Waals surface area contributed by atoms with Gasteiger partial charge in [0, 0.05) is 0 Å². The lowest BCUT2D eigenvalue weighted by atomic mass is 10.1. The molecule has 3 nitrogen and oxygen atoms in total. The number of nitrogens with one attached hydrogen (secondary N) is 1. The number of halogens is 4. The SMILES string of the molecule is Cc1ncc(NC(=O)c2cc(C(F)(F)F)ccc2F)s1.